The number of fused-ring (bicyclic) bond motifs is 2. The van der Waals surface area contributed by atoms with Crippen LogP contribution in [-0.4, -0.2) is 0 Å². The first-order valence-corrected chi connectivity index (χ1v) is 4.38. The molecule has 0 radical (unpaired) electrons. The van der Waals surface area contributed by atoms with Crippen LogP contribution < -0.4 is 0 Å². The van der Waals surface area contributed by atoms with Gasteiger partial charge >= 0.3 is 0 Å². The second-order valence-electron chi connectivity index (χ2n) is 3.70. The van der Waals surface area contributed by atoms with E-state index in [2.05, 4.69) is 0 Å². The molecule has 0 heterocycles. The SMILES string of the molecule is N#CC(C#N)=C1CC2CCC1C2. The zero-order valence-corrected chi connectivity index (χ0v) is 6.88. The van der Waals surface area contributed by atoms with Gasteiger partial charge in [0.1, 0.15) is 17.7 Å². The highest BCUT2D eigenvalue weighted by molar-refractivity contribution is 5.43. The van der Waals surface area contributed by atoms with Crippen LogP contribution in [0.3, 0.4) is 0 Å². The molecular formula is C10H10N2. The van der Waals surface area contributed by atoms with Gasteiger partial charge in [-0.2, -0.15) is 10.5 Å². The minimum absolute atomic E-state index is 0.391. The van der Waals surface area contributed by atoms with E-state index in [4.69, 9.17) is 10.5 Å². The van der Waals surface area contributed by atoms with Crippen LogP contribution in [0.2, 0.25) is 0 Å². The normalized spacial score (nSPS) is 31.3. The number of nitrogens with zero attached hydrogens (tertiary/aromatic N) is 2. The maximum absolute atomic E-state index is 8.68. The zero-order valence-electron chi connectivity index (χ0n) is 6.88. The van der Waals surface area contributed by atoms with E-state index in [1.165, 1.54) is 19.3 Å². The molecule has 2 aliphatic rings. The molecule has 0 aromatic carbocycles. The van der Waals surface area contributed by atoms with Gasteiger partial charge in [-0.3, -0.25) is 0 Å². The van der Waals surface area contributed by atoms with E-state index in [1.54, 1.807) is 0 Å². The van der Waals surface area contributed by atoms with Crippen LogP contribution in [0.4, 0.5) is 0 Å². The lowest BCUT2D eigenvalue weighted by Crippen LogP contribution is -2.00. The molecule has 0 N–H and O–H groups in total. The van der Waals surface area contributed by atoms with Crippen LogP contribution >= 0.6 is 0 Å². The van der Waals surface area contributed by atoms with E-state index in [0.717, 1.165) is 17.9 Å². The van der Waals surface area contributed by atoms with Gasteiger partial charge in [0.2, 0.25) is 0 Å². The third-order valence-corrected chi connectivity index (χ3v) is 3.09. The molecule has 2 unspecified atom stereocenters. The number of hydrogen-bond donors (Lipinski definition) is 0. The summed E-state index contributed by atoms with van der Waals surface area (Å²) < 4.78 is 0. The van der Waals surface area contributed by atoms with Gasteiger partial charge in [-0.15, -0.1) is 0 Å². The monoisotopic (exact) mass is 158 g/mol. The van der Waals surface area contributed by atoms with Crippen molar-refractivity contribution < 1.29 is 0 Å². The lowest BCUT2D eigenvalue weighted by molar-refractivity contribution is 0.559. The summed E-state index contributed by atoms with van der Waals surface area (Å²) in [6, 6.07) is 3.99. The second-order valence-corrected chi connectivity index (χ2v) is 3.70. The van der Waals surface area contributed by atoms with E-state index >= 15 is 0 Å². The molecular weight excluding hydrogens is 148 g/mol. The van der Waals surface area contributed by atoms with Crippen LogP contribution in [0, 0.1) is 34.5 Å². The first-order chi connectivity index (χ1) is 5.85. The standard InChI is InChI=1S/C10H10N2/c11-5-9(6-12)10-4-7-1-2-8(10)3-7/h7-8H,1-4H2. The first-order valence-electron chi connectivity index (χ1n) is 4.38. The maximum Gasteiger partial charge on any atom is 0.129 e. The zero-order chi connectivity index (χ0) is 8.55. The molecule has 12 heavy (non-hydrogen) atoms. The molecule has 0 aromatic rings. The molecule has 2 saturated carbocycles. The Morgan fingerprint density at radius 3 is 2.42 bits per heavy atom. The summed E-state index contributed by atoms with van der Waals surface area (Å²) in [5, 5.41) is 17.4. The number of allylic oxidation sites excluding steroid dienone is 2. The van der Waals surface area contributed by atoms with Crippen LogP contribution in [0.15, 0.2) is 11.1 Å². The molecule has 2 bridgehead atoms. The second kappa shape index (κ2) is 2.64. The van der Waals surface area contributed by atoms with Crippen molar-refractivity contribution >= 4 is 0 Å². The predicted molar refractivity (Wildman–Crippen MR) is 43.7 cm³/mol. The van der Waals surface area contributed by atoms with Gasteiger partial charge in [0.25, 0.3) is 0 Å². The highest BCUT2D eigenvalue weighted by Gasteiger charge is 2.37. The molecule has 0 aromatic heterocycles. The quantitative estimate of drug-likeness (QED) is 0.507. The summed E-state index contributed by atoms with van der Waals surface area (Å²) in [6.45, 7) is 0. The van der Waals surface area contributed by atoms with Crippen molar-refractivity contribution in [2.24, 2.45) is 11.8 Å². The van der Waals surface area contributed by atoms with Crippen molar-refractivity contribution in [2.75, 3.05) is 0 Å². The van der Waals surface area contributed by atoms with Crippen molar-refractivity contribution in [2.45, 2.75) is 25.7 Å². The van der Waals surface area contributed by atoms with Gasteiger partial charge in [-0.25, -0.2) is 0 Å². The fourth-order valence-corrected chi connectivity index (χ4v) is 2.53. The fraction of sp³-hybridized carbons (Fsp3) is 0.600. The Bertz CT molecular complexity index is 298. The highest BCUT2D eigenvalue weighted by Crippen LogP contribution is 2.48. The lowest BCUT2D eigenvalue weighted by atomic mass is 9.91. The molecule has 2 rings (SSSR count). The third-order valence-electron chi connectivity index (χ3n) is 3.09. The van der Waals surface area contributed by atoms with E-state index in [1.807, 2.05) is 12.1 Å². The largest absolute Gasteiger partial charge is 0.192 e. The van der Waals surface area contributed by atoms with Crippen LogP contribution in [0.25, 0.3) is 0 Å². The molecule has 0 saturated heterocycles. The summed E-state index contributed by atoms with van der Waals surface area (Å²) in [5.74, 6) is 1.35. The van der Waals surface area contributed by atoms with Crippen LogP contribution in [-0.2, 0) is 0 Å². The first kappa shape index (κ1) is 7.37. The Hall–Kier alpha value is -1.28. The summed E-state index contributed by atoms with van der Waals surface area (Å²) in [6.07, 6.45) is 4.74. The smallest absolute Gasteiger partial charge is 0.129 e. The molecule has 0 aliphatic heterocycles. The molecule has 60 valence electrons. The van der Waals surface area contributed by atoms with Gasteiger partial charge in [0.05, 0.1) is 0 Å². The minimum atomic E-state index is 0.391. The Labute approximate surface area is 72.1 Å². The average molecular weight is 158 g/mol. The summed E-state index contributed by atoms with van der Waals surface area (Å²) in [7, 11) is 0. The maximum atomic E-state index is 8.68. The molecule has 0 spiro atoms. The van der Waals surface area contributed by atoms with Gasteiger partial charge < -0.3 is 0 Å². The van der Waals surface area contributed by atoms with E-state index in [9.17, 15) is 0 Å². The van der Waals surface area contributed by atoms with Crippen molar-refractivity contribution in [1.29, 1.82) is 10.5 Å². The topological polar surface area (TPSA) is 47.6 Å². The molecule has 2 aliphatic carbocycles. The van der Waals surface area contributed by atoms with Crippen molar-refractivity contribution in [3.05, 3.63) is 11.1 Å². The Kier molecular flexibility index (Phi) is 1.62. The van der Waals surface area contributed by atoms with Crippen molar-refractivity contribution in [3.8, 4) is 12.1 Å². The average Bonchev–Trinajstić information content (AvgIpc) is 2.67. The van der Waals surface area contributed by atoms with Crippen molar-refractivity contribution in [3.63, 3.8) is 0 Å². The van der Waals surface area contributed by atoms with Gasteiger partial charge in [0, 0.05) is 0 Å². The molecule has 0 amide bonds. The Balaban J connectivity index is 2.33. The number of rotatable bonds is 0. The predicted octanol–water partition coefficient (Wildman–Crippen LogP) is 2.15. The molecule has 2 nitrogen and oxygen atoms in total. The number of nitriles is 2. The highest BCUT2D eigenvalue weighted by atomic mass is 14.4. The Morgan fingerprint density at radius 2 is 2.00 bits per heavy atom. The lowest BCUT2D eigenvalue weighted by Gasteiger charge is -2.12. The van der Waals surface area contributed by atoms with Crippen molar-refractivity contribution in [1.82, 2.24) is 0 Å². The van der Waals surface area contributed by atoms with Crippen LogP contribution in [0.1, 0.15) is 25.7 Å². The fourth-order valence-electron chi connectivity index (χ4n) is 2.53. The number of hydrogen-bond acceptors (Lipinski definition) is 2. The molecule has 2 fully saturated rings. The van der Waals surface area contributed by atoms with Gasteiger partial charge in [0.15, 0.2) is 0 Å². The minimum Gasteiger partial charge on any atom is -0.192 e. The van der Waals surface area contributed by atoms with E-state index in [-0.39, 0.29) is 0 Å². The summed E-state index contributed by atoms with van der Waals surface area (Å²) in [5.41, 5.74) is 1.54. The summed E-state index contributed by atoms with van der Waals surface area (Å²) >= 11 is 0. The van der Waals surface area contributed by atoms with E-state index in [0.29, 0.717) is 11.5 Å². The third kappa shape index (κ3) is 0.924. The molecule has 2 atom stereocenters. The Morgan fingerprint density at radius 1 is 1.25 bits per heavy atom. The van der Waals surface area contributed by atoms with E-state index < -0.39 is 0 Å². The molecule has 2 heteroatoms. The van der Waals surface area contributed by atoms with Gasteiger partial charge in [-0.1, -0.05) is 0 Å². The summed E-state index contributed by atoms with van der Waals surface area (Å²) in [4.78, 5) is 0. The van der Waals surface area contributed by atoms with Crippen LogP contribution in [0.5, 0.6) is 0 Å². The van der Waals surface area contributed by atoms with Gasteiger partial charge in [-0.05, 0) is 43.1 Å².